The molecule has 2 aliphatic rings. The second-order valence-electron chi connectivity index (χ2n) is 6.84. The van der Waals surface area contributed by atoms with Crippen molar-refractivity contribution in [2.75, 3.05) is 18.0 Å². The van der Waals surface area contributed by atoms with Crippen LogP contribution in [0.2, 0.25) is 0 Å². The van der Waals surface area contributed by atoms with Gasteiger partial charge in [-0.3, -0.25) is 0 Å². The molecule has 2 N–H and O–H groups in total. The lowest BCUT2D eigenvalue weighted by Gasteiger charge is -2.35. The van der Waals surface area contributed by atoms with Gasteiger partial charge in [0.1, 0.15) is 0 Å². The lowest BCUT2D eigenvalue weighted by molar-refractivity contribution is 0.110. The maximum absolute atomic E-state index is 9.71. The predicted octanol–water partition coefficient (Wildman–Crippen LogP) is 2.84. The summed E-state index contributed by atoms with van der Waals surface area (Å²) in [5.41, 5.74) is 4.14. The van der Waals surface area contributed by atoms with Crippen molar-refractivity contribution in [3.05, 3.63) is 29.3 Å². The number of benzene rings is 1. The number of nitrogens with one attached hydrogen (secondary N) is 1. The average molecular weight is 288 g/mol. The SMILES string of the molecule is Cc1cc(CNC2CC2)ccc1N1CCC(C(C)O)CC1. The number of hydrogen-bond acceptors (Lipinski definition) is 3. The fourth-order valence-corrected chi connectivity index (χ4v) is 3.35. The lowest BCUT2D eigenvalue weighted by Crippen LogP contribution is -2.37. The standard InChI is InChI=1S/C18H28N2O/c1-13-11-15(12-19-17-4-5-17)3-6-18(13)20-9-7-16(8-10-20)14(2)21/h3,6,11,14,16-17,19,21H,4-5,7-10,12H2,1-2H3. The normalized spacial score (nSPS) is 21.6. The van der Waals surface area contributed by atoms with E-state index in [1.54, 1.807) is 0 Å². The predicted molar refractivity (Wildman–Crippen MR) is 87.7 cm³/mol. The molecule has 1 aliphatic heterocycles. The molecule has 1 atom stereocenters. The molecular weight excluding hydrogens is 260 g/mol. The maximum atomic E-state index is 9.71. The minimum atomic E-state index is -0.163. The number of aryl methyl sites for hydroxylation is 1. The van der Waals surface area contributed by atoms with E-state index in [0.29, 0.717) is 5.92 Å². The molecule has 1 aliphatic carbocycles. The summed E-state index contributed by atoms with van der Waals surface area (Å²) in [5, 5.41) is 13.3. The number of nitrogens with zero attached hydrogens (tertiary/aromatic N) is 1. The van der Waals surface area contributed by atoms with Crippen molar-refractivity contribution in [3.8, 4) is 0 Å². The summed E-state index contributed by atoms with van der Waals surface area (Å²) in [4.78, 5) is 2.48. The summed E-state index contributed by atoms with van der Waals surface area (Å²) in [5.74, 6) is 0.476. The van der Waals surface area contributed by atoms with Crippen LogP contribution in [-0.2, 0) is 6.54 Å². The lowest BCUT2D eigenvalue weighted by atomic mass is 9.91. The van der Waals surface area contributed by atoms with E-state index in [0.717, 1.165) is 38.5 Å². The van der Waals surface area contributed by atoms with Gasteiger partial charge in [-0.05, 0) is 62.6 Å². The van der Waals surface area contributed by atoms with Crippen LogP contribution in [-0.4, -0.2) is 30.3 Å². The molecule has 0 spiro atoms. The second-order valence-corrected chi connectivity index (χ2v) is 6.84. The van der Waals surface area contributed by atoms with Gasteiger partial charge in [0, 0.05) is 31.4 Å². The number of hydrogen-bond donors (Lipinski definition) is 2. The highest BCUT2D eigenvalue weighted by Gasteiger charge is 2.23. The number of anilines is 1. The molecule has 0 bridgehead atoms. The Kier molecular flexibility index (Phi) is 4.51. The molecule has 3 nitrogen and oxygen atoms in total. The quantitative estimate of drug-likeness (QED) is 0.874. The van der Waals surface area contributed by atoms with Crippen molar-refractivity contribution in [2.45, 2.75) is 58.2 Å². The smallest absolute Gasteiger partial charge is 0.0541 e. The Labute approximate surface area is 128 Å². The largest absolute Gasteiger partial charge is 0.393 e. The van der Waals surface area contributed by atoms with E-state index in [-0.39, 0.29) is 6.10 Å². The molecule has 116 valence electrons. The van der Waals surface area contributed by atoms with Crippen LogP contribution in [0.25, 0.3) is 0 Å². The number of aliphatic hydroxyl groups excluding tert-OH is 1. The zero-order valence-electron chi connectivity index (χ0n) is 13.3. The number of aliphatic hydroxyl groups is 1. The minimum absolute atomic E-state index is 0.163. The van der Waals surface area contributed by atoms with E-state index < -0.39 is 0 Å². The van der Waals surface area contributed by atoms with Crippen LogP contribution in [0.4, 0.5) is 5.69 Å². The van der Waals surface area contributed by atoms with Gasteiger partial charge in [-0.15, -0.1) is 0 Å². The first kappa shape index (κ1) is 14.9. The third-order valence-electron chi connectivity index (χ3n) is 5.00. The van der Waals surface area contributed by atoms with Gasteiger partial charge < -0.3 is 15.3 Å². The monoisotopic (exact) mass is 288 g/mol. The van der Waals surface area contributed by atoms with Gasteiger partial charge in [-0.2, -0.15) is 0 Å². The van der Waals surface area contributed by atoms with E-state index in [1.165, 1.54) is 29.7 Å². The fourth-order valence-electron chi connectivity index (χ4n) is 3.35. The second kappa shape index (κ2) is 6.37. The third-order valence-corrected chi connectivity index (χ3v) is 5.00. The summed E-state index contributed by atoms with van der Waals surface area (Å²) in [6.07, 6.45) is 4.72. The number of rotatable bonds is 5. The molecular formula is C18H28N2O. The Bertz CT molecular complexity index is 474. The molecule has 3 heteroatoms. The summed E-state index contributed by atoms with van der Waals surface area (Å²) in [6.45, 7) is 7.27. The summed E-state index contributed by atoms with van der Waals surface area (Å²) < 4.78 is 0. The summed E-state index contributed by atoms with van der Waals surface area (Å²) >= 11 is 0. The zero-order valence-corrected chi connectivity index (χ0v) is 13.3. The molecule has 1 heterocycles. The maximum Gasteiger partial charge on any atom is 0.0541 e. The molecule has 21 heavy (non-hydrogen) atoms. The van der Waals surface area contributed by atoms with Crippen LogP contribution in [0.15, 0.2) is 18.2 Å². The Hall–Kier alpha value is -1.06. The third kappa shape index (κ3) is 3.78. The minimum Gasteiger partial charge on any atom is -0.393 e. The van der Waals surface area contributed by atoms with Crippen molar-refractivity contribution in [2.24, 2.45) is 5.92 Å². The van der Waals surface area contributed by atoms with Crippen molar-refractivity contribution in [1.82, 2.24) is 5.32 Å². The first-order valence-corrected chi connectivity index (χ1v) is 8.39. The highest BCUT2D eigenvalue weighted by molar-refractivity contribution is 5.54. The van der Waals surface area contributed by atoms with Gasteiger partial charge in [0.25, 0.3) is 0 Å². The van der Waals surface area contributed by atoms with Gasteiger partial charge in [-0.25, -0.2) is 0 Å². The van der Waals surface area contributed by atoms with Crippen molar-refractivity contribution in [3.63, 3.8) is 0 Å². The highest BCUT2D eigenvalue weighted by Crippen LogP contribution is 2.28. The van der Waals surface area contributed by atoms with E-state index in [2.05, 4.69) is 35.3 Å². The van der Waals surface area contributed by atoms with Crippen molar-refractivity contribution >= 4 is 5.69 Å². The van der Waals surface area contributed by atoms with Gasteiger partial charge >= 0.3 is 0 Å². The van der Waals surface area contributed by atoms with Gasteiger partial charge in [0.15, 0.2) is 0 Å². The molecule has 0 amide bonds. The van der Waals surface area contributed by atoms with Crippen molar-refractivity contribution in [1.29, 1.82) is 0 Å². The van der Waals surface area contributed by atoms with Gasteiger partial charge in [-0.1, -0.05) is 12.1 Å². The zero-order chi connectivity index (χ0) is 14.8. The topological polar surface area (TPSA) is 35.5 Å². The Balaban J connectivity index is 1.60. The van der Waals surface area contributed by atoms with Crippen LogP contribution < -0.4 is 10.2 Å². The summed E-state index contributed by atoms with van der Waals surface area (Å²) in [7, 11) is 0. The molecule has 1 aromatic rings. The van der Waals surface area contributed by atoms with Crippen LogP contribution in [0.1, 0.15) is 43.7 Å². The van der Waals surface area contributed by atoms with E-state index in [4.69, 9.17) is 0 Å². The van der Waals surface area contributed by atoms with E-state index >= 15 is 0 Å². The van der Waals surface area contributed by atoms with Crippen molar-refractivity contribution < 1.29 is 5.11 Å². The molecule has 0 aromatic heterocycles. The first-order valence-electron chi connectivity index (χ1n) is 8.39. The van der Waals surface area contributed by atoms with E-state index in [1.807, 2.05) is 6.92 Å². The Morgan fingerprint density at radius 2 is 1.95 bits per heavy atom. The average Bonchev–Trinajstić information content (AvgIpc) is 3.29. The molecule has 2 fully saturated rings. The number of piperidine rings is 1. The van der Waals surface area contributed by atoms with Crippen LogP contribution in [0, 0.1) is 12.8 Å². The van der Waals surface area contributed by atoms with Crippen LogP contribution in [0.3, 0.4) is 0 Å². The molecule has 1 aromatic carbocycles. The molecule has 1 unspecified atom stereocenters. The molecule has 1 saturated carbocycles. The van der Waals surface area contributed by atoms with Crippen LogP contribution in [0.5, 0.6) is 0 Å². The first-order chi connectivity index (χ1) is 10.1. The van der Waals surface area contributed by atoms with Crippen LogP contribution >= 0.6 is 0 Å². The molecule has 3 rings (SSSR count). The highest BCUT2D eigenvalue weighted by atomic mass is 16.3. The molecule has 0 radical (unpaired) electrons. The Morgan fingerprint density at radius 1 is 1.24 bits per heavy atom. The fraction of sp³-hybridized carbons (Fsp3) is 0.667. The van der Waals surface area contributed by atoms with E-state index in [9.17, 15) is 5.11 Å². The summed E-state index contributed by atoms with van der Waals surface area (Å²) in [6, 6.07) is 7.63. The van der Waals surface area contributed by atoms with Gasteiger partial charge in [0.05, 0.1) is 6.10 Å². The Morgan fingerprint density at radius 3 is 2.52 bits per heavy atom. The molecule has 1 saturated heterocycles. The van der Waals surface area contributed by atoms with Gasteiger partial charge in [0.2, 0.25) is 0 Å².